The Hall–Kier alpha value is -0.330. The third-order valence-corrected chi connectivity index (χ3v) is 3.01. The van der Waals surface area contributed by atoms with Gasteiger partial charge in [0.2, 0.25) is 6.43 Å². The molecule has 0 bridgehead atoms. The number of carbonyl (C=O) groups is 1. The zero-order chi connectivity index (χ0) is 13.5. The van der Waals surface area contributed by atoms with Gasteiger partial charge in [-0.25, -0.2) is 22.0 Å². The van der Waals surface area contributed by atoms with Crippen LogP contribution < -0.4 is 0 Å². The Morgan fingerprint density at radius 3 is 2.29 bits per heavy atom. The molecule has 17 heavy (non-hydrogen) atoms. The number of rotatable bonds is 8. The molecule has 1 unspecified atom stereocenters. The topological polar surface area (TPSA) is 17.1 Å². The molecule has 0 saturated heterocycles. The summed E-state index contributed by atoms with van der Waals surface area (Å²) in [5.41, 5.74) is 0. The summed E-state index contributed by atoms with van der Waals surface area (Å²) in [4.78, 5) is 10.8. The first-order valence-electron chi connectivity index (χ1n) is 5.22. The third kappa shape index (κ3) is 9.38. The van der Waals surface area contributed by atoms with Gasteiger partial charge >= 0.3 is 0 Å². The smallest absolute Gasteiger partial charge is 0.256 e. The lowest BCUT2D eigenvalue weighted by Gasteiger charge is -2.17. The molecule has 0 aromatic rings. The van der Waals surface area contributed by atoms with E-state index in [0.717, 1.165) is 11.8 Å². The van der Waals surface area contributed by atoms with E-state index in [4.69, 9.17) is 0 Å². The average molecular weight is 278 g/mol. The predicted molar refractivity (Wildman–Crippen MR) is 57.5 cm³/mol. The lowest BCUT2D eigenvalue weighted by molar-refractivity contribution is -0.110. The lowest BCUT2D eigenvalue weighted by atomic mass is 10.1. The van der Waals surface area contributed by atoms with Crippen LogP contribution in [0.3, 0.4) is 0 Å². The molecule has 0 spiro atoms. The van der Waals surface area contributed by atoms with Crippen LogP contribution in [0.2, 0.25) is 0 Å². The van der Waals surface area contributed by atoms with E-state index in [2.05, 4.69) is 0 Å². The van der Waals surface area contributed by atoms with Crippen molar-refractivity contribution < 1.29 is 26.7 Å². The fraction of sp³-hybridized carbons (Fsp3) is 0.900. The maximum atomic E-state index is 13.1. The molecule has 0 heterocycles. The molecular formula is C10H15F5OS. The minimum Gasteiger partial charge on any atom is -0.287 e. The van der Waals surface area contributed by atoms with Crippen LogP contribution in [0.4, 0.5) is 22.0 Å². The van der Waals surface area contributed by atoms with Gasteiger partial charge in [0.25, 0.3) is 5.92 Å². The molecule has 0 radical (unpaired) electrons. The number of alkyl halides is 5. The maximum Gasteiger partial charge on any atom is 0.256 e. The van der Waals surface area contributed by atoms with Gasteiger partial charge in [0.15, 0.2) is 5.12 Å². The molecule has 0 aliphatic heterocycles. The maximum absolute atomic E-state index is 13.1. The molecule has 0 rings (SSSR count). The number of hydrogen-bond donors (Lipinski definition) is 0. The van der Waals surface area contributed by atoms with Crippen molar-refractivity contribution in [3.8, 4) is 0 Å². The largest absolute Gasteiger partial charge is 0.287 e. The van der Waals surface area contributed by atoms with E-state index in [0.29, 0.717) is 6.42 Å². The van der Waals surface area contributed by atoms with Gasteiger partial charge in [-0.3, -0.25) is 4.79 Å². The normalized spacial score (nSPS) is 14.1. The highest BCUT2D eigenvalue weighted by Gasteiger charge is 2.35. The minimum atomic E-state index is -3.69. The molecule has 1 atom stereocenters. The van der Waals surface area contributed by atoms with Crippen LogP contribution in [0.15, 0.2) is 0 Å². The predicted octanol–water partition coefficient (Wildman–Crippen LogP) is 4.07. The summed E-state index contributed by atoms with van der Waals surface area (Å²) in [6.45, 7) is 1.64. The summed E-state index contributed by atoms with van der Waals surface area (Å²) in [7, 11) is 0. The first-order valence-corrected chi connectivity index (χ1v) is 6.21. The Bertz CT molecular complexity index is 235. The van der Waals surface area contributed by atoms with Crippen molar-refractivity contribution >= 4 is 16.9 Å². The first-order chi connectivity index (χ1) is 7.76. The number of halogens is 5. The molecule has 0 aromatic carbocycles. The standard InChI is InChI=1S/C10H15F5OS/c1-2-9(16)17-4-3-7(11)5-10(14,15)6-8(12)13/h7-8H,2-6H2,1H3. The van der Waals surface area contributed by atoms with Crippen molar-refractivity contribution in [2.45, 2.75) is 51.1 Å². The molecule has 0 aliphatic rings. The third-order valence-electron chi connectivity index (χ3n) is 1.96. The molecule has 0 aromatic heterocycles. The van der Waals surface area contributed by atoms with Gasteiger partial charge in [0, 0.05) is 18.6 Å². The molecule has 1 nitrogen and oxygen atoms in total. The second-order valence-corrected chi connectivity index (χ2v) is 4.77. The molecule has 0 N–H and O–H groups in total. The Balaban J connectivity index is 3.84. The van der Waals surface area contributed by atoms with Crippen LogP contribution in [0.1, 0.15) is 32.6 Å². The number of hydrogen-bond acceptors (Lipinski definition) is 2. The average Bonchev–Trinajstić information content (AvgIpc) is 2.14. The van der Waals surface area contributed by atoms with Crippen molar-refractivity contribution in [3.63, 3.8) is 0 Å². The van der Waals surface area contributed by atoms with E-state index in [-0.39, 0.29) is 17.3 Å². The summed E-state index contributed by atoms with van der Waals surface area (Å²) >= 11 is 0.873. The van der Waals surface area contributed by atoms with Gasteiger partial charge in [-0.2, -0.15) is 0 Å². The van der Waals surface area contributed by atoms with Crippen molar-refractivity contribution in [2.24, 2.45) is 0 Å². The van der Waals surface area contributed by atoms with Gasteiger partial charge in [-0.05, 0) is 6.42 Å². The Labute approximate surface area is 101 Å². The molecular weight excluding hydrogens is 263 g/mol. The van der Waals surface area contributed by atoms with Gasteiger partial charge in [-0.15, -0.1) is 0 Å². The van der Waals surface area contributed by atoms with E-state index in [1.54, 1.807) is 6.92 Å². The monoisotopic (exact) mass is 278 g/mol. The molecule has 0 aliphatic carbocycles. The molecule has 0 saturated carbocycles. The summed E-state index contributed by atoms with van der Waals surface area (Å²) < 4.78 is 62.1. The fourth-order valence-corrected chi connectivity index (χ4v) is 1.94. The van der Waals surface area contributed by atoms with Crippen LogP contribution in [0.5, 0.6) is 0 Å². The Morgan fingerprint density at radius 1 is 1.24 bits per heavy atom. The second kappa shape index (κ2) is 7.89. The zero-order valence-corrected chi connectivity index (χ0v) is 10.2. The SMILES string of the molecule is CCC(=O)SCCC(F)CC(F)(F)CC(F)F. The number of carbonyl (C=O) groups excluding carboxylic acids is 1. The fourth-order valence-electron chi connectivity index (χ4n) is 1.14. The zero-order valence-electron chi connectivity index (χ0n) is 9.40. The summed E-state index contributed by atoms with van der Waals surface area (Å²) in [6.07, 6.45) is -7.76. The molecule has 7 heteroatoms. The molecule has 0 fully saturated rings. The van der Waals surface area contributed by atoms with Gasteiger partial charge in [0.05, 0.1) is 6.42 Å². The van der Waals surface area contributed by atoms with Crippen LogP contribution in [0.25, 0.3) is 0 Å². The van der Waals surface area contributed by atoms with Crippen molar-refractivity contribution in [2.75, 3.05) is 5.75 Å². The van der Waals surface area contributed by atoms with E-state index in [9.17, 15) is 26.7 Å². The Kier molecular flexibility index (Phi) is 7.74. The van der Waals surface area contributed by atoms with Crippen LogP contribution in [-0.4, -0.2) is 29.4 Å². The quantitative estimate of drug-likeness (QED) is 0.623. The van der Waals surface area contributed by atoms with Crippen LogP contribution >= 0.6 is 11.8 Å². The van der Waals surface area contributed by atoms with Gasteiger partial charge < -0.3 is 0 Å². The van der Waals surface area contributed by atoms with Crippen LogP contribution in [0, 0.1) is 0 Å². The van der Waals surface area contributed by atoms with Crippen LogP contribution in [-0.2, 0) is 4.79 Å². The summed E-state index contributed by atoms with van der Waals surface area (Å²) in [6, 6.07) is 0. The molecule has 0 amide bonds. The van der Waals surface area contributed by atoms with E-state index >= 15 is 0 Å². The minimum absolute atomic E-state index is 0.0958. The van der Waals surface area contributed by atoms with E-state index in [1.165, 1.54) is 0 Å². The summed E-state index contributed by atoms with van der Waals surface area (Å²) in [5, 5.41) is -0.142. The van der Waals surface area contributed by atoms with E-state index in [1.807, 2.05) is 0 Å². The summed E-state index contributed by atoms with van der Waals surface area (Å²) in [5.74, 6) is -3.59. The second-order valence-electron chi connectivity index (χ2n) is 3.62. The first kappa shape index (κ1) is 16.7. The van der Waals surface area contributed by atoms with E-state index < -0.39 is 31.4 Å². The van der Waals surface area contributed by atoms with Gasteiger partial charge in [-0.1, -0.05) is 18.7 Å². The van der Waals surface area contributed by atoms with Gasteiger partial charge in [0.1, 0.15) is 6.17 Å². The number of thioether (sulfide) groups is 1. The Morgan fingerprint density at radius 2 is 1.82 bits per heavy atom. The highest BCUT2D eigenvalue weighted by Crippen LogP contribution is 2.30. The van der Waals surface area contributed by atoms with Crippen molar-refractivity contribution in [1.29, 1.82) is 0 Å². The van der Waals surface area contributed by atoms with Crippen molar-refractivity contribution in [3.05, 3.63) is 0 Å². The highest BCUT2D eigenvalue weighted by molar-refractivity contribution is 8.13. The van der Waals surface area contributed by atoms with Crippen molar-refractivity contribution in [1.82, 2.24) is 0 Å². The molecule has 102 valence electrons. The highest BCUT2D eigenvalue weighted by atomic mass is 32.2. The lowest BCUT2D eigenvalue weighted by Crippen LogP contribution is -2.25.